The van der Waals surface area contributed by atoms with Crippen LogP contribution in [0.25, 0.3) is 0 Å². The Morgan fingerprint density at radius 1 is 1.11 bits per heavy atom. The van der Waals surface area contributed by atoms with E-state index in [9.17, 15) is 0 Å². The van der Waals surface area contributed by atoms with Crippen LogP contribution in [0.1, 0.15) is 12.5 Å². The van der Waals surface area contributed by atoms with Crippen LogP contribution in [-0.2, 0) is 6.54 Å². The highest BCUT2D eigenvalue weighted by Gasteiger charge is 2.14. The Bertz CT molecular complexity index is 561. The molecule has 2 aromatic rings. The first-order chi connectivity index (χ1) is 9.11. The van der Waals surface area contributed by atoms with Crippen LogP contribution in [0.4, 0.5) is 5.82 Å². The molecule has 3 nitrogen and oxygen atoms in total. The van der Waals surface area contributed by atoms with E-state index in [1.165, 1.54) is 0 Å². The molecule has 0 radical (unpaired) electrons. The molecule has 0 aromatic carbocycles. The first-order valence-electron chi connectivity index (χ1n) is 5.77. The Labute approximate surface area is 127 Å². The van der Waals surface area contributed by atoms with E-state index in [1.807, 2.05) is 24.0 Å². The van der Waals surface area contributed by atoms with E-state index in [-0.39, 0.29) is 5.15 Å². The summed E-state index contributed by atoms with van der Waals surface area (Å²) < 4.78 is 0. The van der Waals surface area contributed by atoms with Gasteiger partial charge < -0.3 is 4.90 Å². The quantitative estimate of drug-likeness (QED) is 0.780. The van der Waals surface area contributed by atoms with Gasteiger partial charge in [0.05, 0.1) is 10.0 Å². The van der Waals surface area contributed by atoms with E-state index >= 15 is 0 Å². The first-order valence-corrected chi connectivity index (χ1v) is 6.90. The molecule has 0 bridgehead atoms. The van der Waals surface area contributed by atoms with Crippen LogP contribution in [-0.4, -0.2) is 16.5 Å². The molecule has 0 atom stereocenters. The van der Waals surface area contributed by atoms with Gasteiger partial charge in [-0.15, -0.1) is 0 Å². The van der Waals surface area contributed by atoms with E-state index in [0.717, 1.165) is 12.1 Å². The maximum Gasteiger partial charge on any atom is 0.150 e. The van der Waals surface area contributed by atoms with Crippen molar-refractivity contribution in [3.8, 4) is 0 Å². The van der Waals surface area contributed by atoms with Crippen LogP contribution in [0, 0.1) is 0 Å². The second-order valence-electron chi connectivity index (χ2n) is 3.94. The number of aromatic nitrogens is 2. The molecule has 0 aliphatic carbocycles. The second-order valence-corrected chi connectivity index (χ2v) is 5.11. The normalized spacial score (nSPS) is 10.5. The summed E-state index contributed by atoms with van der Waals surface area (Å²) in [5.41, 5.74) is 1.13. The van der Waals surface area contributed by atoms with Gasteiger partial charge in [-0.05, 0) is 30.7 Å². The summed E-state index contributed by atoms with van der Waals surface area (Å²) in [6, 6.07) is 5.52. The zero-order valence-corrected chi connectivity index (χ0v) is 12.5. The SMILES string of the molecule is CCN(Cc1ccncc1)c1nc(Cl)c(Cl)cc1Cl. The monoisotopic (exact) mass is 315 g/mol. The molecule has 0 aliphatic rings. The van der Waals surface area contributed by atoms with Gasteiger partial charge in [0.15, 0.2) is 0 Å². The third-order valence-corrected chi connectivity index (χ3v) is 3.62. The van der Waals surface area contributed by atoms with Crippen LogP contribution in [0.15, 0.2) is 30.6 Å². The van der Waals surface area contributed by atoms with Gasteiger partial charge in [-0.1, -0.05) is 34.8 Å². The van der Waals surface area contributed by atoms with Crippen molar-refractivity contribution >= 4 is 40.6 Å². The first kappa shape index (κ1) is 14.4. The molecule has 0 saturated carbocycles. The number of nitrogens with zero attached hydrogens (tertiary/aromatic N) is 3. The molecule has 2 heterocycles. The molecule has 0 saturated heterocycles. The van der Waals surface area contributed by atoms with Crippen LogP contribution < -0.4 is 4.90 Å². The van der Waals surface area contributed by atoms with Crippen molar-refractivity contribution in [3.05, 3.63) is 51.4 Å². The summed E-state index contributed by atoms with van der Waals surface area (Å²) >= 11 is 18.0. The van der Waals surface area contributed by atoms with Crippen molar-refractivity contribution in [2.24, 2.45) is 0 Å². The fourth-order valence-electron chi connectivity index (χ4n) is 1.70. The van der Waals surface area contributed by atoms with Gasteiger partial charge in [-0.2, -0.15) is 0 Å². The smallest absolute Gasteiger partial charge is 0.150 e. The van der Waals surface area contributed by atoms with Crippen molar-refractivity contribution in [1.29, 1.82) is 0 Å². The zero-order valence-electron chi connectivity index (χ0n) is 10.3. The lowest BCUT2D eigenvalue weighted by Gasteiger charge is -2.23. The molecule has 0 amide bonds. The molecule has 0 unspecified atom stereocenters. The lowest BCUT2D eigenvalue weighted by molar-refractivity contribution is 0.813. The summed E-state index contributed by atoms with van der Waals surface area (Å²) in [4.78, 5) is 10.3. The van der Waals surface area contributed by atoms with E-state index in [4.69, 9.17) is 34.8 Å². The van der Waals surface area contributed by atoms with Gasteiger partial charge in [-0.3, -0.25) is 4.98 Å². The zero-order chi connectivity index (χ0) is 13.8. The Hall–Kier alpha value is -1.03. The minimum absolute atomic E-state index is 0.259. The third-order valence-electron chi connectivity index (χ3n) is 2.67. The van der Waals surface area contributed by atoms with E-state index in [2.05, 4.69) is 9.97 Å². The predicted octanol–water partition coefficient (Wildman–Crippen LogP) is 4.46. The van der Waals surface area contributed by atoms with Crippen molar-refractivity contribution in [2.45, 2.75) is 13.5 Å². The minimum Gasteiger partial charge on any atom is -0.351 e. The summed E-state index contributed by atoms with van der Waals surface area (Å²) in [5.74, 6) is 0.635. The van der Waals surface area contributed by atoms with Crippen molar-refractivity contribution in [1.82, 2.24) is 9.97 Å². The number of pyridine rings is 2. The maximum atomic E-state index is 6.18. The van der Waals surface area contributed by atoms with Crippen LogP contribution in [0.3, 0.4) is 0 Å². The fourth-order valence-corrected chi connectivity index (χ4v) is 2.31. The highest BCUT2D eigenvalue weighted by Crippen LogP contribution is 2.31. The summed E-state index contributed by atoms with van der Waals surface area (Å²) in [6.07, 6.45) is 3.51. The van der Waals surface area contributed by atoms with Gasteiger partial charge >= 0.3 is 0 Å². The third kappa shape index (κ3) is 3.50. The molecule has 6 heteroatoms. The van der Waals surface area contributed by atoms with Crippen molar-refractivity contribution in [3.63, 3.8) is 0 Å². The summed E-state index contributed by atoms with van der Waals surface area (Å²) in [6.45, 7) is 3.47. The van der Waals surface area contributed by atoms with E-state index in [1.54, 1.807) is 18.5 Å². The Morgan fingerprint density at radius 3 is 2.42 bits per heavy atom. The topological polar surface area (TPSA) is 29.0 Å². The molecule has 2 rings (SSSR count). The molecule has 100 valence electrons. The molecule has 0 N–H and O–H groups in total. The number of halogens is 3. The maximum absolute atomic E-state index is 6.18. The Balaban J connectivity index is 2.30. The van der Waals surface area contributed by atoms with Crippen LogP contribution in [0.2, 0.25) is 15.2 Å². The molecule has 0 aliphatic heterocycles. The average Bonchev–Trinajstić information content (AvgIpc) is 2.42. The fraction of sp³-hybridized carbons (Fsp3) is 0.231. The van der Waals surface area contributed by atoms with Gasteiger partial charge in [0, 0.05) is 25.5 Å². The molecular weight excluding hydrogens is 305 g/mol. The lowest BCUT2D eigenvalue weighted by atomic mass is 10.2. The largest absolute Gasteiger partial charge is 0.351 e. The molecule has 2 aromatic heterocycles. The molecule has 19 heavy (non-hydrogen) atoms. The van der Waals surface area contributed by atoms with Gasteiger partial charge in [0.1, 0.15) is 11.0 Å². The Morgan fingerprint density at radius 2 is 1.79 bits per heavy atom. The van der Waals surface area contributed by atoms with Gasteiger partial charge in [0.2, 0.25) is 0 Å². The number of hydrogen-bond donors (Lipinski definition) is 0. The van der Waals surface area contributed by atoms with Crippen LogP contribution in [0.5, 0.6) is 0 Å². The second kappa shape index (κ2) is 6.42. The van der Waals surface area contributed by atoms with Crippen molar-refractivity contribution < 1.29 is 0 Å². The van der Waals surface area contributed by atoms with E-state index in [0.29, 0.717) is 22.4 Å². The number of hydrogen-bond acceptors (Lipinski definition) is 3. The number of anilines is 1. The molecular formula is C13H12Cl3N3. The van der Waals surface area contributed by atoms with Gasteiger partial charge in [0.25, 0.3) is 0 Å². The molecule has 0 fully saturated rings. The molecule has 0 spiro atoms. The summed E-state index contributed by atoms with van der Waals surface area (Å²) in [5, 5.41) is 1.11. The van der Waals surface area contributed by atoms with Gasteiger partial charge in [-0.25, -0.2) is 4.98 Å². The lowest BCUT2D eigenvalue weighted by Crippen LogP contribution is -2.23. The standard InChI is InChI=1S/C13H12Cl3N3/c1-2-19(8-9-3-5-17-6-4-9)13-11(15)7-10(14)12(16)18-13/h3-7H,2,8H2,1H3. The predicted molar refractivity (Wildman–Crippen MR) is 80.2 cm³/mol. The highest BCUT2D eigenvalue weighted by atomic mass is 35.5. The average molecular weight is 317 g/mol. The summed E-state index contributed by atoms with van der Waals surface area (Å²) in [7, 11) is 0. The number of rotatable bonds is 4. The van der Waals surface area contributed by atoms with Crippen LogP contribution >= 0.6 is 34.8 Å². The Kier molecular flexibility index (Phi) is 4.86. The van der Waals surface area contributed by atoms with Crippen molar-refractivity contribution in [2.75, 3.05) is 11.4 Å². The van der Waals surface area contributed by atoms with E-state index < -0.39 is 0 Å². The highest BCUT2D eigenvalue weighted by molar-refractivity contribution is 6.42. The minimum atomic E-state index is 0.259.